The van der Waals surface area contributed by atoms with E-state index >= 15 is 0 Å². The highest BCUT2D eigenvalue weighted by molar-refractivity contribution is 5.95. The highest BCUT2D eigenvalue weighted by Gasteiger charge is 2.40. The summed E-state index contributed by atoms with van der Waals surface area (Å²) in [6, 6.07) is 10.8. The number of amides is 1. The Hall–Kier alpha value is -2.80. The number of benzene rings is 1. The zero-order valence-electron chi connectivity index (χ0n) is 17.3. The maximum atomic E-state index is 13.3. The molecule has 1 saturated heterocycles. The van der Waals surface area contributed by atoms with Crippen LogP contribution >= 0.6 is 0 Å². The molecule has 1 amide bonds. The van der Waals surface area contributed by atoms with Gasteiger partial charge in [-0.1, -0.05) is 37.3 Å². The van der Waals surface area contributed by atoms with E-state index in [9.17, 15) is 9.59 Å². The Morgan fingerprint density at radius 2 is 2.00 bits per heavy atom. The molecule has 0 radical (unpaired) electrons. The fourth-order valence-electron chi connectivity index (χ4n) is 3.88. The molecule has 2 aromatic rings. The van der Waals surface area contributed by atoms with E-state index < -0.39 is 0 Å². The first kappa shape index (κ1) is 20.9. The summed E-state index contributed by atoms with van der Waals surface area (Å²) in [6.07, 6.45) is 3.00. The van der Waals surface area contributed by atoms with Crippen LogP contribution in [0, 0.1) is 5.92 Å². The Labute approximate surface area is 171 Å². The zero-order valence-corrected chi connectivity index (χ0v) is 17.3. The number of rotatable bonds is 6. The Kier molecular flexibility index (Phi) is 6.27. The highest BCUT2D eigenvalue weighted by Crippen LogP contribution is 2.34. The van der Waals surface area contributed by atoms with Crippen molar-refractivity contribution in [3.8, 4) is 5.75 Å². The number of hydrogen-bond acceptors (Lipinski definition) is 5. The third-order valence-electron chi connectivity index (χ3n) is 5.94. The van der Waals surface area contributed by atoms with Gasteiger partial charge in [0, 0.05) is 38.4 Å². The topological polar surface area (TPSA) is 86.8 Å². The summed E-state index contributed by atoms with van der Waals surface area (Å²) >= 11 is 0. The Morgan fingerprint density at radius 3 is 2.66 bits per heavy atom. The lowest BCUT2D eigenvalue weighted by Gasteiger charge is -2.44. The number of aromatic nitrogens is 1. The second-order valence-corrected chi connectivity index (χ2v) is 7.66. The summed E-state index contributed by atoms with van der Waals surface area (Å²) in [5.41, 5.74) is 0.343. The third kappa shape index (κ3) is 4.29. The summed E-state index contributed by atoms with van der Waals surface area (Å²) < 4.78 is 12.7. The number of piperidine rings is 1. The van der Waals surface area contributed by atoms with Crippen LogP contribution in [0.4, 0.5) is 0 Å². The molecular weight excluding hydrogens is 370 g/mol. The van der Waals surface area contributed by atoms with Gasteiger partial charge >= 0.3 is 0 Å². The average Bonchev–Trinajstić information content (AvgIpc) is 2.74. The molecule has 1 fully saturated rings. The normalized spacial score (nSPS) is 21.8. The molecule has 0 aliphatic carbocycles. The summed E-state index contributed by atoms with van der Waals surface area (Å²) in [5, 5.41) is 0. The van der Waals surface area contributed by atoms with Crippen molar-refractivity contribution in [2.24, 2.45) is 5.92 Å². The molecule has 1 aromatic heterocycles. The predicted molar refractivity (Wildman–Crippen MR) is 111 cm³/mol. The fourth-order valence-corrected chi connectivity index (χ4v) is 3.88. The standard InChI is InChI=1S/C22H29N3O4/c1-4-17-14-24(13-11-22(17,2)28-3)21(27)19-20(18(26)10-12-25(19)23)29-15-16-8-6-5-7-9-16/h5-10,12,17H,4,11,13-15,23H2,1-3H3. The van der Waals surface area contributed by atoms with Crippen molar-refractivity contribution in [2.75, 3.05) is 26.0 Å². The van der Waals surface area contributed by atoms with E-state index in [0.29, 0.717) is 13.1 Å². The van der Waals surface area contributed by atoms with E-state index in [1.165, 1.54) is 16.9 Å². The average molecular weight is 399 g/mol. The van der Waals surface area contributed by atoms with Gasteiger partial charge in [0.2, 0.25) is 5.43 Å². The van der Waals surface area contributed by atoms with Crippen LogP contribution in [0.15, 0.2) is 47.4 Å². The van der Waals surface area contributed by atoms with Crippen LogP contribution in [-0.2, 0) is 11.3 Å². The van der Waals surface area contributed by atoms with E-state index in [-0.39, 0.29) is 40.9 Å². The molecule has 2 N–H and O–H groups in total. The lowest BCUT2D eigenvalue weighted by atomic mass is 9.80. The Bertz CT molecular complexity index is 912. The molecular formula is C22H29N3O4. The number of nitrogen functional groups attached to an aromatic ring is 1. The lowest BCUT2D eigenvalue weighted by Crippen LogP contribution is -2.53. The molecule has 3 rings (SSSR count). The molecule has 1 aliphatic rings. The number of carbonyl (C=O) groups excluding carboxylic acids is 1. The number of ether oxygens (including phenoxy) is 2. The first-order valence-electron chi connectivity index (χ1n) is 9.91. The molecule has 2 atom stereocenters. The van der Waals surface area contributed by atoms with Crippen LogP contribution in [0.3, 0.4) is 0 Å². The van der Waals surface area contributed by atoms with Crippen molar-refractivity contribution in [2.45, 2.75) is 38.9 Å². The first-order chi connectivity index (χ1) is 13.9. The van der Waals surface area contributed by atoms with Gasteiger partial charge in [0.15, 0.2) is 11.4 Å². The minimum absolute atomic E-state index is 0.0167. The van der Waals surface area contributed by atoms with E-state index in [4.69, 9.17) is 15.3 Å². The highest BCUT2D eigenvalue weighted by atomic mass is 16.5. The van der Waals surface area contributed by atoms with Crippen molar-refractivity contribution in [1.82, 2.24) is 9.58 Å². The minimum Gasteiger partial charge on any atom is -0.482 e. The van der Waals surface area contributed by atoms with Gasteiger partial charge in [0.1, 0.15) is 6.61 Å². The number of likely N-dealkylation sites (tertiary alicyclic amines) is 1. The molecule has 1 aliphatic heterocycles. The number of hydrogen-bond donors (Lipinski definition) is 1. The van der Waals surface area contributed by atoms with Gasteiger partial charge in [0.05, 0.1) is 5.60 Å². The van der Waals surface area contributed by atoms with Crippen molar-refractivity contribution in [3.63, 3.8) is 0 Å². The van der Waals surface area contributed by atoms with Crippen molar-refractivity contribution in [1.29, 1.82) is 0 Å². The molecule has 29 heavy (non-hydrogen) atoms. The van der Waals surface area contributed by atoms with Crippen LogP contribution in [0.1, 0.15) is 42.7 Å². The maximum Gasteiger partial charge on any atom is 0.276 e. The number of pyridine rings is 1. The molecule has 0 saturated carbocycles. The molecule has 156 valence electrons. The van der Waals surface area contributed by atoms with E-state index in [1.807, 2.05) is 30.3 Å². The second kappa shape index (κ2) is 8.69. The molecule has 7 nitrogen and oxygen atoms in total. The second-order valence-electron chi connectivity index (χ2n) is 7.66. The summed E-state index contributed by atoms with van der Waals surface area (Å²) in [6.45, 7) is 5.42. The monoisotopic (exact) mass is 399 g/mol. The van der Waals surface area contributed by atoms with Gasteiger partial charge in [-0.3, -0.25) is 14.3 Å². The smallest absolute Gasteiger partial charge is 0.276 e. The van der Waals surface area contributed by atoms with Crippen LogP contribution in [0.5, 0.6) is 5.75 Å². The zero-order chi connectivity index (χ0) is 21.0. The SMILES string of the molecule is CCC1CN(C(=O)c2c(OCc3ccccc3)c(=O)ccn2N)CCC1(C)OC. The summed E-state index contributed by atoms with van der Waals surface area (Å²) in [5.74, 6) is 5.92. The third-order valence-corrected chi connectivity index (χ3v) is 5.94. The quantitative estimate of drug-likeness (QED) is 0.754. The molecule has 0 spiro atoms. The van der Waals surface area contributed by atoms with Crippen molar-refractivity contribution in [3.05, 3.63) is 64.1 Å². The van der Waals surface area contributed by atoms with Gasteiger partial charge in [-0.05, 0) is 25.3 Å². The van der Waals surface area contributed by atoms with Crippen LogP contribution < -0.4 is 16.0 Å². The molecule has 7 heteroatoms. The number of carbonyl (C=O) groups is 1. The van der Waals surface area contributed by atoms with E-state index in [1.54, 1.807) is 12.0 Å². The van der Waals surface area contributed by atoms with E-state index in [0.717, 1.165) is 18.4 Å². The van der Waals surface area contributed by atoms with Gasteiger partial charge < -0.3 is 20.2 Å². The van der Waals surface area contributed by atoms with Gasteiger partial charge in [-0.2, -0.15) is 0 Å². The largest absolute Gasteiger partial charge is 0.482 e. The van der Waals surface area contributed by atoms with Gasteiger partial charge in [-0.15, -0.1) is 0 Å². The predicted octanol–water partition coefficient (Wildman–Crippen LogP) is 2.42. The van der Waals surface area contributed by atoms with Crippen LogP contribution in [-0.4, -0.2) is 41.3 Å². The molecule has 2 unspecified atom stereocenters. The fraction of sp³-hybridized carbons (Fsp3) is 0.455. The summed E-state index contributed by atoms with van der Waals surface area (Å²) in [4.78, 5) is 27.6. The number of methoxy groups -OCH3 is 1. The lowest BCUT2D eigenvalue weighted by molar-refractivity contribution is -0.0828. The number of nitrogens with two attached hydrogens (primary N) is 1. The van der Waals surface area contributed by atoms with E-state index in [2.05, 4.69) is 13.8 Å². The molecule has 0 bridgehead atoms. The molecule has 1 aromatic carbocycles. The first-order valence-corrected chi connectivity index (χ1v) is 9.91. The number of nitrogens with zero attached hydrogens (tertiary/aromatic N) is 2. The van der Waals surface area contributed by atoms with Crippen molar-refractivity contribution < 1.29 is 14.3 Å². The summed E-state index contributed by atoms with van der Waals surface area (Å²) in [7, 11) is 1.71. The minimum atomic E-state index is -0.364. The van der Waals surface area contributed by atoms with Crippen LogP contribution in [0.25, 0.3) is 0 Å². The Morgan fingerprint density at radius 1 is 1.28 bits per heavy atom. The molecule has 2 heterocycles. The Balaban J connectivity index is 1.87. The van der Waals surface area contributed by atoms with Crippen molar-refractivity contribution >= 4 is 5.91 Å². The van der Waals surface area contributed by atoms with Gasteiger partial charge in [0.25, 0.3) is 5.91 Å². The van der Waals surface area contributed by atoms with Crippen LogP contribution in [0.2, 0.25) is 0 Å². The maximum absolute atomic E-state index is 13.3. The van der Waals surface area contributed by atoms with Gasteiger partial charge in [-0.25, -0.2) is 0 Å².